The topological polar surface area (TPSA) is 75.4 Å². The van der Waals surface area contributed by atoms with Crippen LogP contribution in [-0.4, -0.2) is 15.3 Å². The summed E-state index contributed by atoms with van der Waals surface area (Å²) in [5.41, 5.74) is 6.54. The van der Waals surface area contributed by atoms with E-state index >= 15 is 0 Å². The summed E-state index contributed by atoms with van der Waals surface area (Å²) in [6.45, 7) is 0.705. The van der Waals surface area contributed by atoms with Gasteiger partial charge in [-0.1, -0.05) is 12.1 Å². The summed E-state index contributed by atoms with van der Waals surface area (Å²) in [4.78, 5) is 0. The van der Waals surface area contributed by atoms with Crippen LogP contribution in [0.2, 0.25) is 0 Å². The van der Waals surface area contributed by atoms with Gasteiger partial charge in [0.2, 0.25) is 0 Å². The molecule has 0 bridgehead atoms. The van der Waals surface area contributed by atoms with Crippen LogP contribution in [0.4, 0.5) is 0 Å². The number of rotatable bonds is 6. The normalized spacial score (nSPS) is 12.4. The molecule has 15 heavy (non-hydrogen) atoms. The van der Waals surface area contributed by atoms with E-state index in [2.05, 4.69) is 4.18 Å². The molecule has 84 valence electrons. The molecular weight excluding hydrogens is 214 g/mol. The van der Waals surface area contributed by atoms with Crippen molar-refractivity contribution >= 4 is 11.4 Å². The number of aryl methyl sites for hydroxylation is 1. The van der Waals surface area contributed by atoms with E-state index in [1.54, 1.807) is 12.1 Å². The van der Waals surface area contributed by atoms with Crippen molar-refractivity contribution in [1.29, 1.82) is 0 Å². The van der Waals surface area contributed by atoms with Crippen molar-refractivity contribution in [3.63, 3.8) is 0 Å². The molecule has 1 rings (SSSR count). The fraction of sp³-hybridized carbons (Fsp3) is 0.400. The van der Waals surface area contributed by atoms with Crippen molar-refractivity contribution in [2.24, 2.45) is 5.73 Å². The highest BCUT2D eigenvalue weighted by Crippen LogP contribution is 2.14. The van der Waals surface area contributed by atoms with Crippen LogP contribution in [0.3, 0.4) is 0 Å². The molecule has 0 spiro atoms. The standard InChI is InChI=1S/C10H15NO3S/c11-8-2-1-3-9-4-6-10(7-5-9)14-15(12)13/h4-7H,1-3,8,11H2,(H,12,13)/p-1. The van der Waals surface area contributed by atoms with E-state index in [9.17, 15) is 8.76 Å². The van der Waals surface area contributed by atoms with Gasteiger partial charge in [0.05, 0.1) is 0 Å². The van der Waals surface area contributed by atoms with E-state index in [0.717, 1.165) is 24.8 Å². The number of unbranched alkanes of at least 4 members (excludes halogenated alkanes) is 1. The molecule has 0 fully saturated rings. The highest BCUT2D eigenvalue weighted by Gasteiger charge is 1.96. The van der Waals surface area contributed by atoms with E-state index in [-0.39, 0.29) is 0 Å². The predicted octanol–water partition coefficient (Wildman–Crippen LogP) is 1.14. The third-order valence-corrected chi connectivity index (χ3v) is 2.34. The summed E-state index contributed by atoms with van der Waals surface area (Å²) in [5, 5.41) is 0. The van der Waals surface area contributed by atoms with Crippen LogP contribution in [0.1, 0.15) is 18.4 Å². The second-order valence-electron chi connectivity index (χ2n) is 3.18. The van der Waals surface area contributed by atoms with Crippen LogP contribution in [0.5, 0.6) is 5.75 Å². The molecule has 1 aromatic carbocycles. The maximum absolute atomic E-state index is 10.2. The van der Waals surface area contributed by atoms with Crippen molar-refractivity contribution in [3.8, 4) is 5.75 Å². The Morgan fingerprint density at radius 3 is 2.47 bits per heavy atom. The highest BCUT2D eigenvalue weighted by molar-refractivity contribution is 7.74. The molecule has 1 unspecified atom stereocenters. The first-order valence-electron chi connectivity index (χ1n) is 4.79. The molecule has 0 radical (unpaired) electrons. The first kappa shape index (κ1) is 12.2. The average molecular weight is 228 g/mol. The van der Waals surface area contributed by atoms with E-state index < -0.39 is 11.4 Å². The first-order chi connectivity index (χ1) is 7.22. The summed E-state index contributed by atoms with van der Waals surface area (Å²) in [5.74, 6) is 0.339. The van der Waals surface area contributed by atoms with Gasteiger partial charge in [-0.05, 0) is 43.5 Å². The molecule has 0 amide bonds. The Morgan fingerprint density at radius 2 is 1.93 bits per heavy atom. The Bertz CT molecular complexity index is 313. The fourth-order valence-corrected chi connectivity index (χ4v) is 1.53. The zero-order valence-electron chi connectivity index (χ0n) is 8.35. The zero-order chi connectivity index (χ0) is 11.1. The van der Waals surface area contributed by atoms with E-state index in [1.165, 1.54) is 0 Å². The Hall–Kier alpha value is -0.910. The molecule has 0 heterocycles. The minimum absolute atomic E-state index is 0.339. The number of nitrogens with two attached hydrogens (primary N) is 1. The van der Waals surface area contributed by atoms with Crippen LogP contribution < -0.4 is 9.92 Å². The highest BCUT2D eigenvalue weighted by atomic mass is 32.2. The van der Waals surface area contributed by atoms with Crippen LogP contribution in [0.25, 0.3) is 0 Å². The summed E-state index contributed by atoms with van der Waals surface area (Å²) >= 11 is -2.50. The molecule has 2 N–H and O–H groups in total. The minimum Gasteiger partial charge on any atom is -0.740 e. The van der Waals surface area contributed by atoms with Gasteiger partial charge in [-0.2, -0.15) is 0 Å². The lowest BCUT2D eigenvalue weighted by molar-refractivity contribution is 0.440. The molecular formula is C10H14NO3S-. The fourth-order valence-electron chi connectivity index (χ4n) is 1.26. The summed E-state index contributed by atoms with van der Waals surface area (Å²) in [6.07, 6.45) is 3.00. The second-order valence-corrected chi connectivity index (χ2v) is 3.75. The van der Waals surface area contributed by atoms with Gasteiger partial charge in [0.25, 0.3) is 0 Å². The van der Waals surface area contributed by atoms with Gasteiger partial charge in [-0.3, -0.25) is 0 Å². The minimum atomic E-state index is -2.50. The summed E-state index contributed by atoms with van der Waals surface area (Å²) in [6, 6.07) is 7.01. The van der Waals surface area contributed by atoms with Gasteiger partial charge in [0.1, 0.15) is 17.1 Å². The number of hydrogen-bond donors (Lipinski definition) is 1. The van der Waals surface area contributed by atoms with Crippen LogP contribution in [0.15, 0.2) is 24.3 Å². The van der Waals surface area contributed by atoms with Crippen LogP contribution in [0, 0.1) is 0 Å². The monoisotopic (exact) mass is 228 g/mol. The van der Waals surface area contributed by atoms with Gasteiger partial charge in [0, 0.05) is 0 Å². The van der Waals surface area contributed by atoms with Gasteiger partial charge in [0.15, 0.2) is 0 Å². The molecule has 0 aliphatic heterocycles. The predicted molar refractivity (Wildman–Crippen MR) is 58.0 cm³/mol. The van der Waals surface area contributed by atoms with E-state index in [4.69, 9.17) is 5.73 Å². The van der Waals surface area contributed by atoms with Gasteiger partial charge in [-0.25, -0.2) is 4.21 Å². The Kier molecular flexibility index (Phi) is 5.31. The summed E-state index contributed by atoms with van der Waals surface area (Å²) in [7, 11) is 0. The lowest BCUT2D eigenvalue weighted by Gasteiger charge is -2.07. The first-order valence-corrected chi connectivity index (χ1v) is 5.79. The molecule has 5 heteroatoms. The Balaban J connectivity index is 2.45. The third-order valence-electron chi connectivity index (χ3n) is 2.01. The van der Waals surface area contributed by atoms with E-state index in [1.807, 2.05) is 12.1 Å². The zero-order valence-corrected chi connectivity index (χ0v) is 9.16. The molecule has 1 atom stereocenters. The maximum Gasteiger partial charge on any atom is 0.139 e. The number of hydrogen-bond acceptors (Lipinski definition) is 4. The molecule has 0 saturated carbocycles. The van der Waals surface area contributed by atoms with Gasteiger partial charge < -0.3 is 14.5 Å². The van der Waals surface area contributed by atoms with Crippen molar-refractivity contribution in [1.82, 2.24) is 0 Å². The molecule has 1 aromatic rings. The van der Waals surface area contributed by atoms with Crippen molar-refractivity contribution in [2.75, 3.05) is 6.54 Å². The molecule has 0 aliphatic carbocycles. The van der Waals surface area contributed by atoms with Crippen LogP contribution in [-0.2, 0) is 17.8 Å². The van der Waals surface area contributed by atoms with Crippen molar-refractivity contribution < 1.29 is 12.9 Å². The largest absolute Gasteiger partial charge is 0.740 e. The van der Waals surface area contributed by atoms with Crippen LogP contribution >= 0.6 is 0 Å². The molecule has 0 aromatic heterocycles. The smallest absolute Gasteiger partial charge is 0.139 e. The lowest BCUT2D eigenvalue weighted by atomic mass is 10.1. The molecule has 4 nitrogen and oxygen atoms in total. The quantitative estimate of drug-likeness (QED) is 0.585. The average Bonchev–Trinajstić information content (AvgIpc) is 2.20. The van der Waals surface area contributed by atoms with Gasteiger partial charge >= 0.3 is 0 Å². The Labute approximate surface area is 91.9 Å². The van der Waals surface area contributed by atoms with Gasteiger partial charge in [-0.15, -0.1) is 0 Å². The van der Waals surface area contributed by atoms with Crippen molar-refractivity contribution in [2.45, 2.75) is 19.3 Å². The lowest BCUT2D eigenvalue weighted by Crippen LogP contribution is -1.99. The maximum atomic E-state index is 10.2. The van der Waals surface area contributed by atoms with Crippen molar-refractivity contribution in [3.05, 3.63) is 29.8 Å². The molecule has 0 saturated heterocycles. The SMILES string of the molecule is NCCCCc1ccc(OS(=O)[O-])cc1. The molecule has 0 aliphatic rings. The third kappa shape index (κ3) is 4.92. The van der Waals surface area contributed by atoms with E-state index in [0.29, 0.717) is 12.3 Å². The Morgan fingerprint density at radius 1 is 1.27 bits per heavy atom. The number of benzene rings is 1. The summed E-state index contributed by atoms with van der Waals surface area (Å²) < 4.78 is 24.9. The second kappa shape index (κ2) is 6.55.